The van der Waals surface area contributed by atoms with E-state index in [1.165, 1.54) is 7.11 Å². The van der Waals surface area contributed by atoms with Crippen molar-refractivity contribution in [3.63, 3.8) is 0 Å². The normalized spacial score (nSPS) is 11.6. The van der Waals surface area contributed by atoms with Gasteiger partial charge in [-0.05, 0) is 25.0 Å². The third-order valence-electron chi connectivity index (χ3n) is 3.14. The number of hydrogen-bond acceptors (Lipinski definition) is 6. The number of nitrogens with one attached hydrogen (secondary N) is 1. The third kappa shape index (κ3) is 4.13. The molecule has 0 aliphatic heterocycles. The molecule has 0 saturated heterocycles. The van der Waals surface area contributed by atoms with E-state index in [4.69, 9.17) is 4.74 Å². The van der Waals surface area contributed by atoms with E-state index in [1.807, 2.05) is 4.72 Å². The Hall–Kier alpha value is -2.36. The van der Waals surface area contributed by atoms with Crippen LogP contribution in [0.1, 0.15) is 22.8 Å². The number of rotatable bonds is 6. The van der Waals surface area contributed by atoms with E-state index in [-0.39, 0.29) is 18.1 Å². The smallest absolute Gasteiger partial charge is 0.355 e. The van der Waals surface area contributed by atoms with Gasteiger partial charge in [-0.15, -0.1) is 0 Å². The summed E-state index contributed by atoms with van der Waals surface area (Å²) in [6.45, 7) is 3.27. The lowest BCUT2D eigenvalue weighted by Gasteiger charge is -2.14. The van der Waals surface area contributed by atoms with Gasteiger partial charge in [-0.1, -0.05) is 18.2 Å². The van der Waals surface area contributed by atoms with Crippen LogP contribution in [0, 0.1) is 13.8 Å². The molecule has 0 atom stereocenters. The Kier molecular flexibility index (Phi) is 5.27. The van der Waals surface area contributed by atoms with Gasteiger partial charge in [-0.3, -0.25) is 4.72 Å². The quantitative estimate of drug-likeness (QED) is 0.849. The van der Waals surface area contributed by atoms with Crippen LogP contribution in [0.4, 0.5) is 14.5 Å². The number of nitrogens with zero attached hydrogens (tertiary/aromatic N) is 3. The monoisotopic (exact) mass is 358 g/mol. The zero-order valence-corrected chi connectivity index (χ0v) is 14.1. The molecule has 0 aliphatic carbocycles. The summed E-state index contributed by atoms with van der Waals surface area (Å²) >= 11 is 0. The Morgan fingerprint density at radius 3 is 2.54 bits per heavy atom. The first-order valence-corrected chi connectivity index (χ1v) is 8.41. The zero-order valence-electron chi connectivity index (χ0n) is 13.2. The molecule has 2 rings (SSSR count). The molecule has 1 heterocycles. The molecule has 7 nitrogen and oxygen atoms in total. The number of methoxy groups -OCH3 is 1. The van der Waals surface area contributed by atoms with Crippen LogP contribution in [-0.2, 0) is 16.4 Å². The fourth-order valence-electron chi connectivity index (χ4n) is 2.06. The Morgan fingerprint density at radius 1 is 1.21 bits per heavy atom. The van der Waals surface area contributed by atoms with E-state index in [0.717, 1.165) is 0 Å². The first-order chi connectivity index (χ1) is 11.2. The van der Waals surface area contributed by atoms with E-state index < -0.39 is 15.8 Å². The maximum absolute atomic E-state index is 12.6. The molecule has 0 fully saturated rings. The lowest BCUT2D eigenvalue weighted by molar-refractivity contribution is 0.236. The van der Waals surface area contributed by atoms with Crippen LogP contribution in [0.2, 0.25) is 0 Å². The number of ether oxygens (including phenoxy) is 1. The predicted molar refractivity (Wildman–Crippen MR) is 83.6 cm³/mol. The number of aryl methyl sites for hydroxylation is 2. The van der Waals surface area contributed by atoms with Gasteiger partial charge in [0.1, 0.15) is 11.6 Å². The van der Waals surface area contributed by atoms with E-state index >= 15 is 0 Å². The van der Waals surface area contributed by atoms with Crippen LogP contribution in [0.25, 0.3) is 0 Å². The molecule has 1 aromatic heterocycles. The van der Waals surface area contributed by atoms with Crippen molar-refractivity contribution in [1.29, 1.82) is 0 Å². The van der Waals surface area contributed by atoms with Crippen molar-refractivity contribution in [1.82, 2.24) is 15.0 Å². The molecular formula is C14H16F2N4O3S. The highest BCUT2D eigenvalue weighted by Crippen LogP contribution is 2.25. The fourth-order valence-corrected chi connectivity index (χ4v) is 2.73. The van der Waals surface area contributed by atoms with Gasteiger partial charge >= 0.3 is 11.8 Å². The van der Waals surface area contributed by atoms with Gasteiger partial charge in [0.25, 0.3) is 10.0 Å². The Bertz CT molecular complexity index is 844. The molecule has 0 bridgehead atoms. The molecule has 0 radical (unpaired) electrons. The average Bonchev–Trinajstić information content (AvgIpc) is 2.50. The summed E-state index contributed by atoms with van der Waals surface area (Å²) in [5.74, 6) is -2.76. The molecule has 24 heavy (non-hydrogen) atoms. The number of alkyl halides is 2. The number of aromatic nitrogens is 3. The lowest BCUT2D eigenvalue weighted by Crippen LogP contribution is -2.22. The van der Waals surface area contributed by atoms with Crippen LogP contribution < -0.4 is 9.46 Å². The Labute approximate surface area is 138 Å². The summed E-state index contributed by atoms with van der Waals surface area (Å²) in [6.07, 6.45) is 0.127. The van der Waals surface area contributed by atoms with Gasteiger partial charge in [-0.25, -0.2) is 13.4 Å². The molecular weight excluding hydrogens is 342 g/mol. The van der Waals surface area contributed by atoms with Gasteiger partial charge in [0.2, 0.25) is 0 Å². The number of hydrogen-bond donors (Lipinski definition) is 1. The molecule has 0 unspecified atom stereocenters. The van der Waals surface area contributed by atoms with Gasteiger partial charge in [-0.2, -0.15) is 18.7 Å². The minimum atomic E-state index is -4.77. The number of halogens is 2. The number of benzene rings is 1. The zero-order chi connectivity index (χ0) is 17.9. The lowest BCUT2D eigenvalue weighted by atomic mass is 10.1. The minimum absolute atomic E-state index is 0.0924. The topological polar surface area (TPSA) is 94.1 Å². The van der Waals surface area contributed by atoms with Crippen LogP contribution >= 0.6 is 0 Å². The number of sulfonamides is 1. The molecule has 130 valence electrons. The largest absolute Gasteiger partial charge is 0.467 e. The van der Waals surface area contributed by atoms with Gasteiger partial charge in [0.15, 0.2) is 0 Å². The maximum Gasteiger partial charge on any atom is 0.355 e. The van der Waals surface area contributed by atoms with Crippen molar-refractivity contribution in [2.45, 2.75) is 26.0 Å². The summed E-state index contributed by atoms with van der Waals surface area (Å²) in [6, 6.07) is 5.05. The summed E-state index contributed by atoms with van der Waals surface area (Å²) in [5, 5.41) is 0. The summed E-state index contributed by atoms with van der Waals surface area (Å²) in [4.78, 5) is 12.2. The second-order valence-corrected chi connectivity index (χ2v) is 6.63. The van der Waals surface area contributed by atoms with E-state index in [2.05, 4.69) is 15.0 Å². The van der Waals surface area contributed by atoms with Crippen LogP contribution in [-0.4, -0.2) is 36.2 Å². The summed E-state index contributed by atoms with van der Waals surface area (Å²) < 4.78 is 55.2. The predicted octanol–water partition coefficient (Wildman–Crippen LogP) is 2.05. The summed E-state index contributed by atoms with van der Waals surface area (Å²) in [5.41, 5.74) is 1.07. The molecule has 1 N–H and O–H groups in total. The Morgan fingerprint density at radius 2 is 1.92 bits per heavy atom. The molecule has 1 aromatic carbocycles. The summed E-state index contributed by atoms with van der Waals surface area (Å²) in [7, 11) is -3.36. The molecule has 0 spiro atoms. The molecule has 2 aromatic rings. The second kappa shape index (κ2) is 7.04. The molecule has 0 amide bonds. The number of para-hydroxylation sites is 1. The highest BCUT2D eigenvalue weighted by molar-refractivity contribution is 7.93. The molecule has 0 saturated carbocycles. The fraction of sp³-hybridized carbons (Fsp3) is 0.357. The average molecular weight is 358 g/mol. The third-order valence-corrected chi connectivity index (χ3v) is 4.10. The van der Waals surface area contributed by atoms with Gasteiger partial charge in [0.05, 0.1) is 12.8 Å². The van der Waals surface area contributed by atoms with Crippen molar-refractivity contribution in [3.05, 3.63) is 41.0 Å². The first-order valence-electron chi connectivity index (χ1n) is 6.86. The van der Waals surface area contributed by atoms with Crippen molar-refractivity contribution < 1.29 is 21.9 Å². The SMILES string of the molecule is COc1nc(C)nc(Cc2cccc(C)c2NS(=O)(=O)C(F)F)n1. The minimum Gasteiger partial charge on any atom is -0.467 e. The van der Waals surface area contributed by atoms with Gasteiger partial charge in [0, 0.05) is 6.42 Å². The standard InChI is InChI=1S/C14H16F2N4O3S/c1-8-5-4-6-10(12(8)20-24(21,22)13(15)16)7-11-17-9(2)18-14(19-11)23-3/h4-6,13,20H,7H2,1-3H3. The van der Waals surface area contributed by atoms with Crippen molar-refractivity contribution in [3.8, 4) is 6.01 Å². The van der Waals surface area contributed by atoms with Gasteiger partial charge < -0.3 is 4.74 Å². The molecule has 10 heteroatoms. The Balaban J connectivity index is 2.41. The van der Waals surface area contributed by atoms with Crippen LogP contribution in [0.3, 0.4) is 0 Å². The number of anilines is 1. The highest BCUT2D eigenvalue weighted by Gasteiger charge is 2.25. The maximum atomic E-state index is 12.6. The molecule has 0 aliphatic rings. The van der Waals surface area contributed by atoms with Crippen molar-refractivity contribution >= 4 is 15.7 Å². The van der Waals surface area contributed by atoms with E-state index in [9.17, 15) is 17.2 Å². The van der Waals surface area contributed by atoms with Crippen LogP contribution in [0.15, 0.2) is 18.2 Å². The van der Waals surface area contributed by atoms with Crippen molar-refractivity contribution in [2.24, 2.45) is 0 Å². The highest BCUT2D eigenvalue weighted by atomic mass is 32.2. The van der Waals surface area contributed by atoms with Crippen LogP contribution in [0.5, 0.6) is 6.01 Å². The van der Waals surface area contributed by atoms with Crippen molar-refractivity contribution in [2.75, 3.05) is 11.8 Å². The second-order valence-electron chi connectivity index (χ2n) is 4.98. The first kappa shape index (κ1) is 18.0. The van der Waals surface area contributed by atoms with E-state index in [1.54, 1.807) is 32.0 Å². The van der Waals surface area contributed by atoms with E-state index in [0.29, 0.717) is 22.8 Å².